The second-order valence-electron chi connectivity index (χ2n) is 6.23. The van der Waals surface area contributed by atoms with Crippen LogP contribution in [0.3, 0.4) is 0 Å². The van der Waals surface area contributed by atoms with Crippen LogP contribution in [0.15, 0.2) is 35.8 Å². The highest BCUT2D eigenvalue weighted by molar-refractivity contribution is 7.13. The number of hydrogen-bond donors (Lipinski definition) is 2. The van der Waals surface area contributed by atoms with Gasteiger partial charge in [0.05, 0.1) is 0 Å². The van der Waals surface area contributed by atoms with E-state index in [9.17, 15) is 4.79 Å². The summed E-state index contributed by atoms with van der Waals surface area (Å²) in [5, 5.41) is 9.36. The summed E-state index contributed by atoms with van der Waals surface area (Å²) in [5.41, 5.74) is 1.94. The fourth-order valence-electron chi connectivity index (χ4n) is 3.15. The van der Waals surface area contributed by atoms with Crippen LogP contribution < -0.4 is 10.6 Å². The lowest BCUT2D eigenvalue weighted by Crippen LogP contribution is -2.32. The first-order valence-electron chi connectivity index (χ1n) is 8.23. The molecule has 1 amide bonds. The lowest BCUT2D eigenvalue weighted by molar-refractivity contribution is -0.117. The van der Waals surface area contributed by atoms with Crippen LogP contribution in [0.1, 0.15) is 26.2 Å². The molecule has 23 heavy (non-hydrogen) atoms. The number of carbonyl (C=O) groups is 1. The third-order valence-corrected chi connectivity index (χ3v) is 5.37. The topological polar surface area (TPSA) is 54.0 Å². The van der Waals surface area contributed by atoms with Crippen LogP contribution in [0.2, 0.25) is 0 Å². The maximum absolute atomic E-state index is 12.2. The normalized spacial score (nSPS) is 16.9. The minimum atomic E-state index is 0.109. The van der Waals surface area contributed by atoms with Gasteiger partial charge in [0, 0.05) is 29.2 Å². The second kappa shape index (κ2) is 7.70. The Bertz CT molecular complexity index is 618. The summed E-state index contributed by atoms with van der Waals surface area (Å²) in [6.07, 6.45) is 4.75. The van der Waals surface area contributed by atoms with Crippen LogP contribution >= 0.6 is 11.3 Å². The van der Waals surface area contributed by atoms with Gasteiger partial charge in [-0.25, -0.2) is 4.98 Å². The van der Waals surface area contributed by atoms with Gasteiger partial charge in [-0.05, 0) is 62.0 Å². The van der Waals surface area contributed by atoms with Crippen LogP contribution in [-0.2, 0) is 4.79 Å². The van der Waals surface area contributed by atoms with E-state index in [0.717, 1.165) is 29.3 Å². The SMILES string of the molecule is CC(CC(=O)Nc1ccc(-c2nccs2)cc1)C1CCNCC1. The first-order chi connectivity index (χ1) is 11.2. The molecule has 4 nitrogen and oxygen atoms in total. The van der Waals surface area contributed by atoms with Crippen molar-refractivity contribution in [3.63, 3.8) is 0 Å². The Hall–Kier alpha value is -1.72. The molecule has 2 aromatic rings. The fourth-order valence-corrected chi connectivity index (χ4v) is 3.79. The van der Waals surface area contributed by atoms with E-state index in [4.69, 9.17) is 0 Å². The number of amides is 1. The van der Waals surface area contributed by atoms with E-state index in [0.29, 0.717) is 18.3 Å². The van der Waals surface area contributed by atoms with Crippen molar-refractivity contribution in [2.24, 2.45) is 11.8 Å². The Labute approximate surface area is 141 Å². The van der Waals surface area contributed by atoms with E-state index in [1.807, 2.05) is 29.6 Å². The van der Waals surface area contributed by atoms with Crippen LogP contribution in [-0.4, -0.2) is 24.0 Å². The van der Waals surface area contributed by atoms with Crippen molar-refractivity contribution >= 4 is 22.9 Å². The van der Waals surface area contributed by atoms with Gasteiger partial charge in [-0.1, -0.05) is 6.92 Å². The Kier molecular flexibility index (Phi) is 5.41. The molecule has 1 atom stereocenters. The molecule has 122 valence electrons. The summed E-state index contributed by atoms with van der Waals surface area (Å²) >= 11 is 1.62. The van der Waals surface area contributed by atoms with Crippen molar-refractivity contribution in [3.8, 4) is 10.6 Å². The van der Waals surface area contributed by atoms with Gasteiger partial charge in [-0.2, -0.15) is 0 Å². The van der Waals surface area contributed by atoms with Crippen LogP contribution in [0, 0.1) is 11.8 Å². The Balaban J connectivity index is 1.53. The molecule has 5 heteroatoms. The van der Waals surface area contributed by atoms with Gasteiger partial charge < -0.3 is 10.6 Å². The molecule has 1 aliphatic heterocycles. The van der Waals surface area contributed by atoms with Crippen molar-refractivity contribution in [2.75, 3.05) is 18.4 Å². The van der Waals surface area contributed by atoms with Gasteiger partial charge in [0.25, 0.3) is 0 Å². The van der Waals surface area contributed by atoms with Gasteiger partial charge in [-0.15, -0.1) is 11.3 Å². The predicted molar refractivity (Wildman–Crippen MR) is 95.6 cm³/mol. The molecule has 0 saturated carbocycles. The summed E-state index contributed by atoms with van der Waals surface area (Å²) in [7, 11) is 0. The van der Waals surface area contributed by atoms with Crippen molar-refractivity contribution in [2.45, 2.75) is 26.2 Å². The van der Waals surface area contributed by atoms with Crippen LogP contribution in [0.4, 0.5) is 5.69 Å². The number of rotatable bonds is 5. The lowest BCUT2D eigenvalue weighted by Gasteiger charge is -2.27. The summed E-state index contributed by atoms with van der Waals surface area (Å²) < 4.78 is 0. The average molecular weight is 329 g/mol. The highest BCUT2D eigenvalue weighted by atomic mass is 32.1. The maximum atomic E-state index is 12.2. The molecule has 1 saturated heterocycles. The first kappa shape index (κ1) is 16.1. The minimum Gasteiger partial charge on any atom is -0.326 e. The third-order valence-electron chi connectivity index (χ3n) is 4.54. The smallest absolute Gasteiger partial charge is 0.224 e. The van der Waals surface area contributed by atoms with Crippen LogP contribution in [0.25, 0.3) is 10.6 Å². The standard InChI is InChI=1S/C18H23N3OS/c1-13(14-6-8-19-9-7-14)12-17(22)21-16-4-2-15(3-5-16)18-20-10-11-23-18/h2-5,10-11,13-14,19H,6-9,12H2,1H3,(H,21,22). The van der Waals surface area contributed by atoms with Crippen molar-refractivity contribution in [3.05, 3.63) is 35.8 Å². The highest BCUT2D eigenvalue weighted by Crippen LogP contribution is 2.26. The van der Waals surface area contributed by atoms with E-state index in [-0.39, 0.29) is 5.91 Å². The number of hydrogen-bond acceptors (Lipinski definition) is 4. The Morgan fingerprint density at radius 2 is 2.09 bits per heavy atom. The van der Waals surface area contributed by atoms with Crippen LogP contribution in [0.5, 0.6) is 0 Å². The molecule has 1 aliphatic rings. The number of piperidine rings is 1. The van der Waals surface area contributed by atoms with E-state index >= 15 is 0 Å². The molecule has 3 rings (SSSR count). The van der Waals surface area contributed by atoms with Gasteiger partial charge in [-0.3, -0.25) is 4.79 Å². The van der Waals surface area contributed by atoms with E-state index in [1.54, 1.807) is 17.5 Å². The van der Waals surface area contributed by atoms with Crippen molar-refractivity contribution in [1.29, 1.82) is 0 Å². The molecule has 0 aliphatic carbocycles. The van der Waals surface area contributed by atoms with Crippen molar-refractivity contribution < 1.29 is 4.79 Å². The Morgan fingerprint density at radius 1 is 1.35 bits per heavy atom. The molecule has 0 spiro atoms. The molecular formula is C18H23N3OS. The zero-order valence-corrected chi connectivity index (χ0v) is 14.2. The highest BCUT2D eigenvalue weighted by Gasteiger charge is 2.22. The molecule has 2 heterocycles. The first-order valence-corrected chi connectivity index (χ1v) is 9.11. The lowest BCUT2D eigenvalue weighted by atomic mass is 9.84. The summed E-state index contributed by atoms with van der Waals surface area (Å²) in [5.74, 6) is 1.21. The van der Waals surface area contributed by atoms with Gasteiger partial charge in [0.2, 0.25) is 5.91 Å². The number of benzene rings is 1. The molecule has 2 N–H and O–H groups in total. The Morgan fingerprint density at radius 3 is 2.74 bits per heavy atom. The number of nitrogens with zero attached hydrogens (tertiary/aromatic N) is 1. The van der Waals surface area contributed by atoms with Gasteiger partial charge >= 0.3 is 0 Å². The molecule has 1 aromatic carbocycles. The molecule has 0 bridgehead atoms. The summed E-state index contributed by atoms with van der Waals surface area (Å²) in [4.78, 5) is 16.5. The quantitative estimate of drug-likeness (QED) is 0.878. The molecule has 1 aromatic heterocycles. The predicted octanol–water partition coefficient (Wildman–Crippen LogP) is 3.77. The number of aromatic nitrogens is 1. The number of nitrogens with one attached hydrogen (secondary N) is 2. The fraction of sp³-hybridized carbons (Fsp3) is 0.444. The van der Waals surface area contributed by atoms with Gasteiger partial charge in [0.15, 0.2) is 0 Å². The zero-order valence-electron chi connectivity index (χ0n) is 13.4. The molecule has 1 unspecified atom stereocenters. The number of carbonyl (C=O) groups excluding carboxylic acids is 1. The average Bonchev–Trinajstić information content (AvgIpc) is 3.11. The second-order valence-corrected chi connectivity index (χ2v) is 7.13. The van der Waals surface area contributed by atoms with Crippen molar-refractivity contribution in [1.82, 2.24) is 10.3 Å². The third kappa shape index (κ3) is 4.39. The number of anilines is 1. The molecular weight excluding hydrogens is 306 g/mol. The molecule has 0 radical (unpaired) electrons. The number of thiazole rings is 1. The largest absolute Gasteiger partial charge is 0.326 e. The minimum absolute atomic E-state index is 0.109. The molecule has 1 fully saturated rings. The van der Waals surface area contributed by atoms with E-state index < -0.39 is 0 Å². The maximum Gasteiger partial charge on any atom is 0.224 e. The van der Waals surface area contributed by atoms with E-state index in [2.05, 4.69) is 22.5 Å². The zero-order chi connectivity index (χ0) is 16.1. The van der Waals surface area contributed by atoms with E-state index in [1.165, 1.54) is 12.8 Å². The summed E-state index contributed by atoms with van der Waals surface area (Å²) in [6.45, 7) is 4.35. The van der Waals surface area contributed by atoms with Gasteiger partial charge in [0.1, 0.15) is 5.01 Å². The summed E-state index contributed by atoms with van der Waals surface area (Å²) in [6, 6.07) is 7.91. The monoisotopic (exact) mass is 329 g/mol.